The van der Waals surface area contributed by atoms with Gasteiger partial charge in [-0.15, -0.1) is 0 Å². The highest BCUT2D eigenvalue weighted by atomic mass is 35.5. The second-order valence-electron chi connectivity index (χ2n) is 5.66. The van der Waals surface area contributed by atoms with Crippen molar-refractivity contribution in [1.82, 2.24) is 5.32 Å². The van der Waals surface area contributed by atoms with Gasteiger partial charge in [-0.05, 0) is 56.4 Å². The molecule has 1 aliphatic heterocycles. The van der Waals surface area contributed by atoms with Crippen LogP contribution in [0.25, 0.3) is 0 Å². The Kier molecular flexibility index (Phi) is 3.49. The molecule has 1 aromatic carbocycles. The summed E-state index contributed by atoms with van der Waals surface area (Å²) in [6.07, 6.45) is 5.35. The second kappa shape index (κ2) is 5.10. The molecule has 98 valence electrons. The van der Waals surface area contributed by atoms with Crippen molar-refractivity contribution in [2.24, 2.45) is 0 Å². The van der Waals surface area contributed by atoms with Gasteiger partial charge in [0.2, 0.25) is 0 Å². The van der Waals surface area contributed by atoms with Crippen molar-refractivity contribution in [2.45, 2.75) is 44.7 Å². The monoisotopic (exact) mass is 264 g/mol. The van der Waals surface area contributed by atoms with Gasteiger partial charge in [-0.1, -0.05) is 11.6 Å². The van der Waals surface area contributed by atoms with E-state index in [9.17, 15) is 0 Å². The van der Waals surface area contributed by atoms with E-state index in [1.165, 1.54) is 43.5 Å². The average Bonchev–Trinajstić information content (AvgIpc) is 3.13. The molecule has 1 atom stereocenters. The molecule has 0 aromatic heterocycles. The van der Waals surface area contributed by atoms with Gasteiger partial charge in [-0.2, -0.15) is 0 Å². The number of piperidine rings is 1. The summed E-state index contributed by atoms with van der Waals surface area (Å²) in [5.74, 6) is 0. The third-order valence-corrected chi connectivity index (χ3v) is 4.20. The molecule has 1 saturated heterocycles. The number of hydrogen-bond donors (Lipinski definition) is 1. The lowest BCUT2D eigenvalue weighted by Gasteiger charge is -2.36. The predicted molar refractivity (Wildman–Crippen MR) is 77.6 cm³/mol. The first-order valence-corrected chi connectivity index (χ1v) is 7.37. The molecule has 1 aliphatic carbocycles. The smallest absolute Gasteiger partial charge is 0.0410 e. The van der Waals surface area contributed by atoms with Crippen LogP contribution in [0.3, 0.4) is 0 Å². The Morgan fingerprint density at radius 1 is 1.22 bits per heavy atom. The van der Waals surface area contributed by atoms with E-state index >= 15 is 0 Å². The third kappa shape index (κ3) is 2.81. The summed E-state index contributed by atoms with van der Waals surface area (Å²) in [5, 5.41) is 4.59. The summed E-state index contributed by atoms with van der Waals surface area (Å²) in [7, 11) is 0. The van der Waals surface area contributed by atoms with Crippen LogP contribution in [-0.2, 0) is 0 Å². The van der Waals surface area contributed by atoms with Crippen LogP contribution >= 0.6 is 11.6 Å². The maximum Gasteiger partial charge on any atom is 0.0410 e. The normalized spacial score (nSPS) is 24.3. The van der Waals surface area contributed by atoms with Gasteiger partial charge in [0.15, 0.2) is 0 Å². The van der Waals surface area contributed by atoms with E-state index in [1.54, 1.807) is 0 Å². The van der Waals surface area contributed by atoms with E-state index < -0.39 is 0 Å². The number of anilines is 1. The minimum absolute atomic E-state index is 0.668. The molecule has 1 saturated carbocycles. The molecule has 3 rings (SSSR count). The highest BCUT2D eigenvalue weighted by molar-refractivity contribution is 6.30. The molecule has 1 aromatic rings. The van der Waals surface area contributed by atoms with E-state index in [0.29, 0.717) is 6.04 Å². The molecule has 2 fully saturated rings. The number of benzene rings is 1. The molecule has 2 nitrogen and oxygen atoms in total. The van der Waals surface area contributed by atoms with Gasteiger partial charge in [0, 0.05) is 35.9 Å². The molecule has 3 heteroatoms. The van der Waals surface area contributed by atoms with E-state index in [-0.39, 0.29) is 0 Å². The van der Waals surface area contributed by atoms with Gasteiger partial charge in [-0.25, -0.2) is 0 Å². The minimum atomic E-state index is 0.668. The molecular weight excluding hydrogens is 244 g/mol. The largest absolute Gasteiger partial charge is 0.370 e. The summed E-state index contributed by atoms with van der Waals surface area (Å²) in [6.45, 7) is 4.46. The Hall–Kier alpha value is -0.730. The fourth-order valence-corrected chi connectivity index (χ4v) is 3.12. The molecule has 18 heavy (non-hydrogen) atoms. The van der Waals surface area contributed by atoms with Gasteiger partial charge in [-0.3, -0.25) is 0 Å². The van der Waals surface area contributed by atoms with Crippen LogP contribution in [-0.4, -0.2) is 25.2 Å². The predicted octanol–water partition coefficient (Wildman–Crippen LogP) is 3.37. The van der Waals surface area contributed by atoms with Gasteiger partial charge in [0.05, 0.1) is 0 Å². The SMILES string of the molecule is Cc1cc(Cl)ccc1N1CCCC(NC2CC2)C1. The highest BCUT2D eigenvalue weighted by Gasteiger charge is 2.27. The first-order valence-electron chi connectivity index (χ1n) is 6.99. The Morgan fingerprint density at radius 2 is 2.06 bits per heavy atom. The van der Waals surface area contributed by atoms with Crippen molar-refractivity contribution in [3.63, 3.8) is 0 Å². The number of aryl methyl sites for hydroxylation is 1. The van der Waals surface area contributed by atoms with E-state index in [0.717, 1.165) is 17.6 Å². The standard InChI is InChI=1S/C15H21ClN2/c1-11-9-12(16)4-7-15(11)18-8-2-3-14(10-18)17-13-5-6-13/h4,7,9,13-14,17H,2-3,5-6,8,10H2,1H3. The Labute approximate surface area is 114 Å². The van der Waals surface area contributed by atoms with Crippen molar-refractivity contribution in [2.75, 3.05) is 18.0 Å². The molecule has 0 amide bonds. The average molecular weight is 265 g/mol. The van der Waals surface area contributed by atoms with Gasteiger partial charge >= 0.3 is 0 Å². The lowest BCUT2D eigenvalue weighted by Crippen LogP contribution is -2.46. The van der Waals surface area contributed by atoms with Crippen LogP contribution < -0.4 is 10.2 Å². The number of nitrogens with zero attached hydrogens (tertiary/aromatic N) is 1. The quantitative estimate of drug-likeness (QED) is 0.901. The number of nitrogens with one attached hydrogen (secondary N) is 1. The summed E-state index contributed by atoms with van der Waals surface area (Å²) in [6, 6.07) is 7.70. The summed E-state index contributed by atoms with van der Waals surface area (Å²) in [4.78, 5) is 2.51. The van der Waals surface area contributed by atoms with Crippen molar-refractivity contribution in [3.8, 4) is 0 Å². The van der Waals surface area contributed by atoms with Gasteiger partial charge in [0.1, 0.15) is 0 Å². The molecule has 1 N–H and O–H groups in total. The van der Waals surface area contributed by atoms with Crippen molar-refractivity contribution < 1.29 is 0 Å². The summed E-state index contributed by atoms with van der Waals surface area (Å²) < 4.78 is 0. The number of rotatable bonds is 3. The fraction of sp³-hybridized carbons (Fsp3) is 0.600. The second-order valence-corrected chi connectivity index (χ2v) is 6.09. The van der Waals surface area contributed by atoms with Crippen LogP contribution in [0.15, 0.2) is 18.2 Å². The zero-order valence-corrected chi connectivity index (χ0v) is 11.7. The third-order valence-electron chi connectivity index (χ3n) is 3.97. The lowest BCUT2D eigenvalue weighted by molar-refractivity contribution is 0.420. The Morgan fingerprint density at radius 3 is 2.78 bits per heavy atom. The topological polar surface area (TPSA) is 15.3 Å². The number of halogens is 1. The molecule has 0 bridgehead atoms. The van der Waals surface area contributed by atoms with Crippen molar-refractivity contribution >= 4 is 17.3 Å². The lowest BCUT2D eigenvalue weighted by atomic mass is 10.0. The van der Waals surface area contributed by atoms with Crippen molar-refractivity contribution in [1.29, 1.82) is 0 Å². The van der Waals surface area contributed by atoms with Crippen molar-refractivity contribution in [3.05, 3.63) is 28.8 Å². The highest BCUT2D eigenvalue weighted by Crippen LogP contribution is 2.27. The minimum Gasteiger partial charge on any atom is -0.370 e. The summed E-state index contributed by atoms with van der Waals surface area (Å²) >= 11 is 6.03. The molecule has 0 spiro atoms. The zero-order valence-electron chi connectivity index (χ0n) is 11.0. The summed E-state index contributed by atoms with van der Waals surface area (Å²) in [5.41, 5.74) is 2.64. The Bertz CT molecular complexity index is 429. The maximum absolute atomic E-state index is 6.03. The van der Waals surface area contributed by atoms with Crippen LogP contribution in [0.2, 0.25) is 5.02 Å². The van der Waals surface area contributed by atoms with E-state index in [1.807, 2.05) is 6.07 Å². The molecule has 1 unspecified atom stereocenters. The van der Waals surface area contributed by atoms with Crippen LogP contribution in [0.1, 0.15) is 31.2 Å². The van der Waals surface area contributed by atoms with E-state index in [2.05, 4.69) is 29.3 Å². The first kappa shape index (κ1) is 12.3. The molecule has 2 aliphatic rings. The van der Waals surface area contributed by atoms with Crippen LogP contribution in [0, 0.1) is 6.92 Å². The first-order chi connectivity index (χ1) is 8.72. The molecular formula is C15H21ClN2. The van der Waals surface area contributed by atoms with Gasteiger partial charge < -0.3 is 10.2 Å². The fourth-order valence-electron chi connectivity index (χ4n) is 2.89. The molecule has 1 heterocycles. The van der Waals surface area contributed by atoms with Crippen LogP contribution in [0.4, 0.5) is 5.69 Å². The van der Waals surface area contributed by atoms with Gasteiger partial charge in [0.25, 0.3) is 0 Å². The zero-order chi connectivity index (χ0) is 12.5. The maximum atomic E-state index is 6.03. The molecule has 0 radical (unpaired) electrons. The number of hydrogen-bond acceptors (Lipinski definition) is 2. The Balaban J connectivity index is 1.70. The van der Waals surface area contributed by atoms with E-state index in [4.69, 9.17) is 11.6 Å². The van der Waals surface area contributed by atoms with Crippen LogP contribution in [0.5, 0.6) is 0 Å².